The minimum absolute atomic E-state index is 0.0692. The van der Waals surface area contributed by atoms with Gasteiger partial charge in [0.05, 0.1) is 10.9 Å². The van der Waals surface area contributed by atoms with E-state index in [1.54, 1.807) is 0 Å². The van der Waals surface area contributed by atoms with Crippen LogP contribution in [0.5, 0.6) is 0 Å². The summed E-state index contributed by atoms with van der Waals surface area (Å²) in [7, 11) is 0. The monoisotopic (exact) mass is 278 g/mol. The molecule has 1 aromatic carbocycles. The Morgan fingerprint density at radius 2 is 1.95 bits per heavy atom. The van der Waals surface area contributed by atoms with Gasteiger partial charge in [-0.1, -0.05) is 56.8 Å². The first-order valence-electron chi connectivity index (χ1n) is 6.73. The Kier molecular flexibility index (Phi) is 6.50. The third-order valence-corrected chi connectivity index (χ3v) is 3.47. The van der Waals surface area contributed by atoms with Crippen LogP contribution in [0.15, 0.2) is 24.3 Å². The van der Waals surface area contributed by atoms with Gasteiger partial charge in [-0.05, 0) is 24.0 Å². The summed E-state index contributed by atoms with van der Waals surface area (Å²) in [5.74, 6) is -0.422. The topological polar surface area (TPSA) is 55.1 Å². The molecule has 0 aliphatic carbocycles. The third kappa shape index (κ3) is 4.63. The highest BCUT2D eigenvalue weighted by molar-refractivity contribution is 7.80. The second-order valence-corrected chi connectivity index (χ2v) is 5.06. The van der Waals surface area contributed by atoms with E-state index in [0.717, 1.165) is 18.4 Å². The zero-order valence-corrected chi connectivity index (χ0v) is 12.4. The summed E-state index contributed by atoms with van der Waals surface area (Å²) in [5, 5.41) is 2.93. The zero-order valence-electron chi connectivity index (χ0n) is 11.6. The van der Waals surface area contributed by atoms with Gasteiger partial charge in [0.1, 0.15) is 0 Å². The number of aryl methyl sites for hydroxylation is 1. The van der Waals surface area contributed by atoms with Gasteiger partial charge in [-0.2, -0.15) is 0 Å². The molecule has 0 aliphatic heterocycles. The van der Waals surface area contributed by atoms with E-state index in [1.807, 2.05) is 25.1 Å². The summed E-state index contributed by atoms with van der Waals surface area (Å²) in [6.07, 6.45) is 2.55. The van der Waals surface area contributed by atoms with Crippen molar-refractivity contribution in [3.8, 4) is 0 Å². The second kappa shape index (κ2) is 7.89. The van der Waals surface area contributed by atoms with Crippen molar-refractivity contribution in [3.05, 3.63) is 35.4 Å². The maximum atomic E-state index is 12.1. The van der Waals surface area contributed by atoms with Crippen LogP contribution in [0.25, 0.3) is 0 Å². The lowest BCUT2D eigenvalue weighted by molar-refractivity contribution is -0.123. The van der Waals surface area contributed by atoms with Crippen LogP contribution in [0.1, 0.15) is 37.8 Å². The van der Waals surface area contributed by atoms with Gasteiger partial charge < -0.3 is 11.1 Å². The largest absolute Gasteiger partial charge is 0.393 e. The molecule has 0 saturated heterocycles. The number of carbonyl (C=O) groups excluding carboxylic acids is 1. The van der Waals surface area contributed by atoms with Crippen LogP contribution in [0, 0.1) is 5.92 Å². The highest BCUT2D eigenvalue weighted by atomic mass is 32.1. The second-order valence-electron chi connectivity index (χ2n) is 4.58. The molecule has 0 heterocycles. The fourth-order valence-corrected chi connectivity index (χ4v) is 2.30. The van der Waals surface area contributed by atoms with Crippen molar-refractivity contribution in [3.63, 3.8) is 0 Å². The van der Waals surface area contributed by atoms with Crippen LogP contribution in [0.2, 0.25) is 0 Å². The average molecular weight is 278 g/mol. The van der Waals surface area contributed by atoms with E-state index in [9.17, 15) is 4.79 Å². The standard InChI is InChI=1S/C15H22N2OS/c1-3-7-13(14(16)19)15(18)17-10-12-9-6-5-8-11(12)4-2/h5-6,8-9,13H,3-4,7,10H2,1-2H3,(H2,16,19)(H,17,18). The minimum Gasteiger partial charge on any atom is -0.393 e. The number of nitrogens with one attached hydrogen (secondary N) is 1. The molecule has 0 fully saturated rings. The lowest BCUT2D eigenvalue weighted by Crippen LogP contribution is -2.37. The Labute approximate surface area is 120 Å². The summed E-state index contributed by atoms with van der Waals surface area (Å²) < 4.78 is 0. The first kappa shape index (κ1) is 15.6. The van der Waals surface area contributed by atoms with E-state index in [-0.39, 0.29) is 16.8 Å². The number of carbonyl (C=O) groups is 1. The van der Waals surface area contributed by atoms with E-state index < -0.39 is 0 Å². The molecule has 104 valence electrons. The van der Waals surface area contributed by atoms with Crippen molar-refractivity contribution in [1.29, 1.82) is 0 Å². The average Bonchev–Trinajstić information content (AvgIpc) is 2.42. The quantitative estimate of drug-likeness (QED) is 0.754. The summed E-state index contributed by atoms with van der Waals surface area (Å²) in [6, 6.07) is 8.12. The highest BCUT2D eigenvalue weighted by Crippen LogP contribution is 2.11. The molecule has 1 unspecified atom stereocenters. The Bertz CT molecular complexity index is 446. The molecule has 19 heavy (non-hydrogen) atoms. The molecule has 3 N–H and O–H groups in total. The molecule has 1 amide bonds. The van der Waals surface area contributed by atoms with E-state index >= 15 is 0 Å². The van der Waals surface area contributed by atoms with Crippen molar-refractivity contribution in [1.82, 2.24) is 5.32 Å². The first-order valence-corrected chi connectivity index (χ1v) is 7.14. The smallest absolute Gasteiger partial charge is 0.230 e. The number of amides is 1. The number of benzene rings is 1. The summed E-state index contributed by atoms with van der Waals surface area (Å²) in [6.45, 7) is 4.66. The van der Waals surface area contributed by atoms with Gasteiger partial charge in [-0.3, -0.25) is 4.79 Å². The summed E-state index contributed by atoms with van der Waals surface area (Å²) >= 11 is 4.96. The van der Waals surface area contributed by atoms with Crippen molar-refractivity contribution in [2.45, 2.75) is 39.7 Å². The summed E-state index contributed by atoms with van der Waals surface area (Å²) in [4.78, 5) is 12.3. The van der Waals surface area contributed by atoms with Crippen molar-refractivity contribution in [2.75, 3.05) is 0 Å². The molecule has 1 atom stereocenters. The summed E-state index contributed by atoms with van der Waals surface area (Å²) in [5.41, 5.74) is 8.02. The number of rotatable bonds is 7. The van der Waals surface area contributed by atoms with Gasteiger partial charge in [-0.15, -0.1) is 0 Å². The SMILES string of the molecule is CCCC(C(=O)NCc1ccccc1CC)C(N)=S. The lowest BCUT2D eigenvalue weighted by atomic mass is 10.0. The van der Waals surface area contributed by atoms with Crippen LogP contribution in [-0.4, -0.2) is 10.9 Å². The lowest BCUT2D eigenvalue weighted by Gasteiger charge is -2.15. The van der Waals surface area contributed by atoms with Crippen LogP contribution in [-0.2, 0) is 17.8 Å². The van der Waals surface area contributed by atoms with Gasteiger partial charge in [-0.25, -0.2) is 0 Å². The minimum atomic E-state index is -0.353. The van der Waals surface area contributed by atoms with Gasteiger partial charge >= 0.3 is 0 Å². The van der Waals surface area contributed by atoms with E-state index in [4.69, 9.17) is 18.0 Å². The molecule has 0 bridgehead atoms. The number of thiocarbonyl (C=S) groups is 1. The number of hydrogen-bond acceptors (Lipinski definition) is 2. The van der Waals surface area contributed by atoms with E-state index in [1.165, 1.54) is 5.56 Å². The predicted molar refractivity (Wildman–Crippen MR) is 82.9 cm³/mol. The maximum absolute atomic E-state index is 12.1. The van der Waals surface area contributed by atoms with Gasteiger partial charge in [0.25, 0.3) is 0 Å². The normalized spacial score (nSPS) is 11.9. The molecule has 0 aliphatic rings. The molecule has 0 spiro atoms. The zero-order chi connectivity index (χ0) is 14.3. The molecule has 1 rings (SSSR count). The molecular weight excluding hydrogens is 256 g/mol. The Morgan fingerprint density at radius 3 is 2.47 bits per heavy atom. The molecule has 1 aromatic rings. The van der Waals surface area contributed by atoms with Crippen molar-refractivity contribution < 1.29 is 4.79 Å². The number of nitrogens with two attached hydrogens (primary N) is 1. The van der Waals surface area contributed by atoms with E-state index in [2.05, 4.69) is 18.3 Å². The Morgan fingerprint density at radius 1 is 1.32 bits per heavy atom. The fraction of sp³-hybridized carbons (Fsp3) is 0.467. The first-order chi connectivity index (χ1) is 9.10. The molecule has 0 radical (unpaired) electrons. The van der Waals surface area contributed by atoms with Crippen molar-refractivity contribution in [2.24, 2.45) is 11.7 Å². The van der Waals surface area contributed by atoms with Crippen LogP contribution >= 0.6 is 12.2 Å². The molecule has 0 saturated carbocycles. The van der Waals surface area contributed by atoms with Crippen LogP contribution in [0.3, 0.4) is 0 Å². The van der Waals surface area contributed by atoms with Gasteiger partial charge in [0, 0.05) is 6.54 Å². The number of hydrogen-bond donors (Lipinski definition) is 2. The molecular formula is C15H22N2OS. The Balaban J connectivity index is 2.64. The van der Waals surface area contributed by atoms with Crippen molar-refractivity contribution >= 4 is 23.1 Å². The third-order valence-electron chi connectivity index (χ3n) is 3.19. The van der Waals surface area contributed by atoms with E-state index in [0.29, 0.717) is 13.0 Å². The molecule has 0 aromatic heterocycles. The van der Waals surface area contributed by atoms with Gasteiger partial charge in [0.2, 0.25) is 5.91 Å². The van der Waals surface area contributed by atoms with Gasteiger partial charge in [0.15, 0.2) is 0 Å². The maximum Gasteiger partial charge on any atom is 0.230 e. The van der Waals surface area contributed by atoms with Crippen LogP contribution < -0.4 is 11.1 Å². The van der Waals surface area contributed by atoms with Crippen LogP contribution in [0.4, 0.5) is 0 Å². The molecule has 4 heteroatoms. The Hall–Kier alpha value is -1.42. The fourth-order valence-electron chi connectivity index (χ4n) is 2.07. The predicted octanol–water partition coefficient (Wildman–Crippen LogP) is 2.57. The highest BCUT2D eigenvalue weighted by Gasteiger charge is 2.20. The molecule has 3 nitrogen and oxygen atoms in total.